The van der Waals surface area contributed by atoms with Crippen molar-refractivity contribution in [3.63, 3.8) is 0 Å². The zero-order valence-corrected chi connectivity index (χ0v) is 14.7. The van der Waals surface area contributed by atoms with E-state index < -0.39 is 0 Å². The predicted molar refractivity (Wildman–Crippen MR) is 101 cm³/mol. The lowest BCUT2D eigenvalue weighted by Gasteiger charge is -2.16. The predicted octanol–water partition coefficient (Wildman–Crippen LogP) is 2.87. The number of aliphatic hydroxyl groups excluding tert-OH is 1. The van der Waals surface area contributed by atoms with Gasteiger partial charge in [-0.2, -0.15) is 0 Å². The van der Waals surface area contributed by atoms with E-state index in [9.17, 15) is 5.11 Å². The summed E-state index contributed by atoms with van der Waals surface area (Å²) < 4.78 is 2.20. The van der Waals surface area contributed by atoms with Gasteiger partial charge in [0.15, 0.2) is 0 Å². The molecule has 4 rings (SSSR count). The van der Waals surface area contributed by atoms with Crippen LogP contribution < -0.4 is 5.32 Å². The second-order valence-electron chi connectivity index (χ2n) is 7.02. The van der Waals surface area contributed by atoms with Gasteiger partial charge in [-0.25, -0.2) is 4.98 Å². The van der Waals surface area contributed by atoms with Gasteiger partial charge in [-0.1, -0.05) is 36.4 Å². The minimum atomic E-state index is -0.305. The number of hydrogen-bond acceptors (Lipinski definition) is 4. The summed E-state index contributed by atoms with van der Waals surface area (Å²) >= 11 is 0. The van der Waals surface area contributed by atoms with E-state index in [0.717, 1.165) is 42.9 Å². The number of rotatable bonds is 6. The van der Waals surface area contributed by atoms with Crippen molar-refractivity contribution in [1.29, 1.82) is 0 Å². The van der Waals surface area contributed by atoms with E-state index >= 15 is 0 Å². The number of hydrogen-bond donors (Lipinski definition) is 2. The molecule has 3 aromatic rings. The maximum Gasteiger partial charge on any atom is 0.139 e. The zero-order valence-electron chi connectivity index (χ0n) is 14.7. The maximum atomic E-state index is 10.4. The number of nitrogens with one attached hydrogen (secondary N) is 1. The van der Waals surface area contributed by atoms with Crippen LogP contribution in [0.25, 0.3) is 11.4 Å². The summed E-state index contributed by atoms with van der Waals surface area (Å²) in [5.74, 6) is 1.43. The van der Waals surface area contributed by atoms with Crippen LogP contribution >= 0.6 is 0 Å². The summed E-state index contributed by atoms with van der Waals surface area (Å²) in [6, 6.07) is 14.4. The lowest BCUT2D eigenvalue weighted by Crippen LogP contribution is -2.35. The van der Waals surface area contributed by atoms with E-state index in [-0.39, 0.29) is 12.1 Å². The summed E-state index contributed by atoms with van der Waals surface area (Å²) in [4.78, 5) is 8.66. The molecule has 26 heavy (non-hydrogen) atoms. The largest absolute Gasteiger partial charge is 0.391 e. The van der Waals surface area contributed by atoms with E-state index in [1.807, 2.05) is 42.9 Å². The number of pyridine rings is 1. The molecule has 2 aromatic heterocycles. The monoisotopic (exact) mass is 348 g/mol. The number of aliphatic hydroxyl groups is 1. The number of nitrogens with zero attached hydrogens (tertiary/aromatic N) is 3. The van der Waals surface area contributed by atoms with Gasteiger partial charge in [-0.3, -0.25) is 4.98 Å². The lowest BCUT2D eigenvalue weighted by atomic mass is 10.1. The zero-order chi connectivity index (χ0) is 17.8. The highest BCUT2D eigenvalue weighted by Crippen LogP contribution is 2.29. The summed E-state index contributed by atoms with van der Waals surface area (Å²) in [7, 11) is 0. The molecule has 0 bridgehead atoms. The fourth-order valence-electron chi connectivity index (χ4n) is 3.82. The van der Waals surface area contributed by atoms with Crippen LogP contribution in [0.4, 0.5) is 0 Å². The van der Waals surface area contributed by atoms with Crippen molar-refractivity contribution in [1.82, 2.24) is 19.9 Å². The smallest absolute Gasteiger partial charge is 0.139 e. The molecule has 1 aliphatic rings. The molecule has 0 aliphatic heterocycles. The molecule has 0 spiro atoms. The molecule has 1 saturated carbocycles. The van der Waals surface area contributed by atoms with Crippen molar-refractivity contribution in [2.45, 2.75) is 38.1 Å². The molecule has 2 N–H and O–H groups in total. The Morgan fingerprint density at radius 1 is 1.08 bits per heavy atom. The molecule has 0 amide bonds. The van der Waals surface area contributed by atoms with Crippen molar-refractivity contribution in [3.8, 4) is 11.4 Å². The Hall–Kier alpha value is -2.50. The SMILES string of the molecule is O[C@@H]1CC(Cn2ccnc2-c2ccccc2)C[C@H]1NCc1cccnc1. The second-order valence-corrected chi connectivity index (χ2v) is 7.02. The Bertz CT molecular complexity index is 818. The Balaban J connectivity index is 1.38. The maximum absolute atomic E-state index is 10.4. The molecular formula is C21H24N4O. The van der Waals surface area contributed by atoms with E-state index in [1.165, 1.54) is 0 Å². The summed E-state index contributed by atoms with van der Waals surface area (Å²) in [6.45, 7) is 1.62. The molecule has 1 aliphatic carbocycles. The molecular weight excluding hydrogens is 324 g/mol. The minimum absolute atomic E-state index is 0.129. The Kier molecular flexibility index (Phi) is 5.09. The van der Waals surface area contributed by atoms with Crippen LogP contribution in [0, 0.1) is 5.92 Å². The van der Waals surface area contributed by atoms with Crippen LogP contribution in [0.15, 0.2) is 67.3 Å². The second kappa shape index (κ2) is 7.81. The molecule has 5 nitrogen and oxygen atoms in total. The van der Waals surface area contributed by atoms with Gasteiger partial charge in [-0.15, -0.1) is 0 Å². The Labute approximate surface area is 153 Å². The standard InChI is InChI=1S/C21H24N4O/c26-20-12-17(11-19(20)24-14-16-5-4-8-22-13-16)15-25-10-9-23-21(25)18-6-2-1-3-7-18/h1-10,13,17,19-20,24,26H,11-12,14-15H2/t17?,19-,20-/m1/s1. The number of aromatic nitrogens is 3. The van der Waals surface area contributed by atoms with Gasteiger partial charge in [0.05, 0.1) is 6.10 Å². The third-order valence-electron chi connectivity index (χ3n) is 5.12. The molecule has 1 unspecified atom stereocenters. The average molecular weight is 348 g/mol. The van der Waals surface area contributed by atoms with Crippen LogP contribution in [-0.2, 0) is 13.1 Å². The topological polar surface area (TPSA) is 63.0 Å². The van der Waals surface area contributed by atoms with E-state index in [4.69, 9.17) is 0 Å². The highest BCUT2D eigenvalue weighted by Gasteiger charge is 2.33. The number of benzene rings is 1. The van der Waals surface area contributed by atoms with Crippen LogP contribution in [0.2, 0.25) is 0 Å². The average Bonchev–Trinajstić information content (AvgIpc) is 3.28. The van der Waals surface area contributed by atoms with Crippen molar-refractivity contribution >= 4 is 0 Å². The highest BCUT2D eigenvalue weighted by molar-refractivity contribution is 5.55. The quantitative estimate of drug-likeness (QED) is 0.719. The van der Waals surface area contributed by atoms with Gasteiger partial charge < -0.3 is 15.0 Å². The summed E-state index contributed by atoms with van der Waals surface area (Å²) in [5, 5.41) is 13.9. The molecule has 0 radical (unpaired) electrons. The first-order valence-electron chi connectivity index (χ1n) is 9.16. The van der Waals surface area contributed by atoms with Gasteiger partial charge in [-0.05, 0) is 30.4 Å². The van der Waals surface area contributed by atoms with Gasteiger partial charge in [0.25, 0.3) is 0 Å². The van der Waals surface area contributed by atoms with Gasteiger partial charge in [0.1, 0.15) is 5.82 Å². The van der Waals surface area contributed by atoms with E-state index in [2.05, 4.69) is 38.1 Å². The van der Waals surface area contributed by atoms with Gasteiger partial charge in [0, 0.05) is 49.5 Å². The van der Waals surface area contributed by atoms with E-state index in [0.29, 0.717) is 5.92 Å². The van der Waals surface area contributed by atoms with Crippen molar-refractivity contribution in [2.24, 2.45) is 5.92 Å². The molecule has 1 fully saturated rings. The molecule has 2 heterocycles. The fraction of sp³-hybridized carbons (Fsp3) is 0.333. The first-order chi connectivity index (χ1) is 12.8. The molecule has 134 valence electrons. The molecule has 5 heteroatoms. The first-order valence-corrected chi connectivity index (χ1v) is 9.16. The van der Waals surface area contributed by atoms with Crippen molar-refractivity contribution in [3.05, 3.63) is 72.8 Å². The fourth-order valence-corrected chi connectivity index (χ4v) is 3.82. The highest BCUT2D eigenvalue weighted by atomic mass is 16.3. The van der Waals surface area contributed by atoms with Crippen LogP contribution in [0.1, 0.15) is 18.4 Å². The van der Waals surface area contributed by atoms with Gasteiger partial charge in [0.2, 0.25) is 0 Å². The molecule has 0 saturated heterocycles. The third kappa shape index (κ3) is 3.84. The Morgan fingerprint density at radius 3 is 2.77 bits per heavy atom. The van der Waals surface area contributed by atoms with Crippen molar-refractivity contribution in [2.75, 3.05) is 0 Å². The van der Waals surface area contributed by atoms with Gasteiger partial charge >= 0.3 is 0 Å². The minimum Gasteiger partial charge on any atom is -0.391 e. The Morgan fingerprint density at radius 2 is 1.96 bits per heavy atom. The first kappa shape index (κ1) is 16.9. The number of imidazole rings is 1. The van der Waals surface area contributed by atoms with Crippen molar-refractivity contribution < 1.29 is 5.11 Å². The lowest BCUT2D eigenvalue weighted by molar-refractivity contribution is 0.145. The molecule has 3 atom stereocenters. The van der Waals surface area contributed by atoms with Crippen LogP contribution in [0.5, 0.6) is 0 Å². The third-order valence-corrected chi connectivity index (χ3v) is 5.12. The van der Waals surface area contributed by atoms with Crippen LogP contribution in [0.3, 0.4) is 0 Å². The summed E-state index contributed by atoms with van der Waals surface area (Å²) in [5.41, 5.74) is 2.27. The molecule has 1 aromatic carbocycles. The van der Waals surface area contributed by atoms with E-state index in [1.54, 1.807) is 6.20 Å². The summed E-state index contributed by atoms with van der Waals surface area (Å²) in [6.07, 6.45) is 9.01. The van der Waals surface area contributed by atoms with Crippen LogP contribution in [-0.4, -0.2) is 31.8 Å². The normalized spacial score (nSPS) is 22.6.